The molecule has 0 unspecified atom stereocenters. The number of rotatable bonds is 5. The first kappa shape index (κ1) is 23.1. The van der Waals surface area contributed by atoms with Gasteiger partial charge in [-0.2, -0.15) is 0 Å². The summed E-state index contributed by atoms with van der Waals surface area (Å²) in [6.07, 6.45) is 0.745. The van der Waals surface area contributed by atoms with E-state index in [9.17, 15) is 19.2 Å². The Kier molecular flexibility index (Phi) is 6.14. The van der Waals surface area contributed by atoms with Gasteiger partial charge < -0.3 is 25.0 Å². The predicted molar refractivity (Wildman–Crippen MR) is 123 cm³/mol. The van der Waals surface area contributed by atoms with Crippen LogP contribution in [0.15, 0.2) is 42.5 Å². The monoisotopic (exact) mass is 466 g/mol. The normalized spacial score (nSPS) is 19.3. The van der Waals surface area contributed by atoms with Crippen LogP contribution in [0.25, 0.3) is 0 Å². The average Bonchev–Trinajstić information content (AvgIpc) is 2.97. The van der Waals surface area contributed by atoms with Gasteiger partial charge in [0.05, 0.1) is 13.2 Å². The predicted octanol–water partition coefficient (Wildman–Crippen LogP) is 1.96. The second kappa shape index (κ2) is 9.05. The zero-order valence-corrected chi connectivity index (χ0v) is 19.2. The van der Waals surface area contributed by atoms with E-state index in [0.29, 0.717) is 41.5 Å². The van der Waals surface area contributed by atoms with E-state index in [1.54, 1.807) is 63.5 Å². The summed E-state index contributed by atoms with van der Waals surface area (Å²) in [7, 11) is 3.30. The Bertz CT molecular complexity index is 1150. The topological polar surface area (TPSA) is 117 Å². The lowest BCUT2D eigenvalue weighted by Crippen LogP contribution is -2.42. The number of hydrogen-bond acceptors (Lipinski definition) is 6. The summed E-state index contributed by atoms with van der Waals surface area (Å²) in [6, 6.07) is 10.8. The molecule has 5 amide bonds. The van der Waals surface area contributed by atoms with Crippen LogP contribution in [-0.4, -0.2) is 67.4 Å². The van der Waals surface area contributed by atoms with E-state index >= 15 is 0 Å². The summed E-state index contributed by atoms with van der Waals surface area (Å²) in [4.78, 5) is 52.7. The number of hydrogen-bond donors (Lipinski definition) is 2. The molecule has 2 aliphatic rings. The van der Waals surface area contributed by atoms with Gasteiger partial charge >= 0.3 is 6.03 Å². The molecule has 10 nitrogen and oxygen atoms in total. The number of urea groups is 1. The molecule has 34 heavy (non-hydrogen) atoms. The molecular formula is C24H26N4O6. The van der Waals surface area contributed by atoms with Crippen molar-refractivity contribution in [3.8, 4) is 11.5 Å². The van der Waals surface area contributed by atoms with Crippen LogP contribution in [0.5, 0.6) is 11.5 Å². The van der Waals surface area contributed by atoms with Crippen LogP contribution in [0, 0.1) is 0 Å². The summed E-state index contributed by atoms with van der Waals surface area (Å²) in [6.45, 7) is 2.16. The van der Waals surface area contributed by atoms with Gasteiger partial charge in [-0.25, -0.2) is 4.79 Å². The summed E-state index contributed by atoms with van der Waals surface area (Å²) < 4.78 is 11.3. The Morgan fingerprint density at radius 2 is 1.74 bits per heavy atom. The van der Waals surface area contributed by atoms with E-state index in [-0.39, 0.29) is 5.91 Å². The fraction of sp³-hybridized carbons (Fsp3) is 0.333. The molecule has 1 saturated heterocycles. The molecule has 2 aromatic carbocycles. The third-order valence-electron chi connectivity index (χ3n) is 5.72. The van der Waals surface area contributed by atoms with Crippen molar-refractivity contribution in [1.29, 1.82) is 0 Å². The van der Waals surface area contributed by atoms with Crippen molar-refractivity contribution in [3.63, 3.8) is 0 Å². The van der Waals surface area contributed by atoms with Crippen molar-refractivity contribution in [1.82, 2.24) is 15.1 Å². The molecule has 2 heterocycles. The maximum absolute atomic E-state index is 13.2. The number of imide groups is 1. The van der Waals surface area contributed by atoms with Crippen molar-refractivity contribution in [2.45, 2.75) is 18.9 Å². The molecule has 0 saturated carbocycles. The van der Waals surface area contributed by atoms with E-state index in [0.717, 1.165) is 11.3 Å². The average molecular weight is 466 g/mol. The lowest BCUT2D eigenvalue weighted by Gasteiger charge is -2.23. The van der Waals surface area contributed by atoms with Crippen molar-refractivity contribution >= 4 is 29.4 Å². The minimum Gasteiger partial charge on any atom is -0.490 e. The molecule has 0 aromatic heterocycles. The molecule has 0 bridgehead atoms. The highest BCUT2D eigenvalue weighted by molar-refractivity contribution is 6.10. The Hall–Kier alpha value is -4.08. The Balaban J connectivity index is 1.45. The molecular weight excluding hydrogens is 440 g/mol. The van der Waals surface area contributed by atoms with Gasteiger partial charge in [0.15, 0.2) is 11.5 Å². The number of amides is 5. The van der Waals surface area contributed by atoms with Crippen LogP contribution in [0.1, 0.15) is 29.3 Å². The lowest BCUT2D eigenvalue weighted by molar-refractivity contribution is -0.133. The lowest BCUT2D eigenvalue weighted by atomic mass is 9.91. The largest absolute Gasteiger partial charge is 0.490 e. The molecule has 2 aromatic rings. The van der Waals surface area contributed by atoms with E-state index in [2.05, 4.69) is 10.6 Å². The van der Waals surface area contributed by atoms with E-state index < -0.39 is 29.9 Å². The minimum absolute atomic E-state index is 0.161. The first-order valence-corrected chi connectivity index (χ1v) is 10.8. The summed E-state index contributed by atoms with van der Waals surface area (Å²) >= 11 is 0. The molecule has 1 fully saturated rings. The fourth-order valence-electron chi connectivity index (χ4n) is 3.81. The number of nitrogens with one attached hydrogen (secondary N) is 2. The van der Waals surface area contributed by atoms with Crippen LogP contribution in [0.2, 0.25) is 0 Å². The molecule has 0 spiro atoms. The zero-order valence-electron chi connectivity index (χ0n) is 19.2. The standard InChI is InChI=1S/C24H26N4O6/c1-24(16-7-10-18-19(13-16)34-12-4-11-33-18)22(31)28(23(32)26-24)14-20(29)25-17-8-5-15(6-9-17)21(30)27(2)3/h5-10,13H,4,11-12,14H2,1-3H3,(H,25,29)(H,26,32)/t24-/m0/s1. The SMILES string of the molecule is CN(C)C(=O)c1ccc(NC(=O)CN2C(=O)N[C@@](C)(c3ccc4c(c3)OCCCO4)C2=O)cc1. The highest BCUT2D eigenvalue weighted by Gasteiger charge is 2.49. The number of carbonyl (C=O) groups excluding carboxylic acids is 4. The maximum Gasteiger partial charge on any atom is 0.325 e. The molecule has 2 aliphatic heterocycles. The minimum atomic E-state index is -1.35. The van der Waals surface area contributed by atoms with Gasteiger partial charge in [-0.15, -0.1) is 0 Å². The Morgan fingerprint density at radius 1 is 1.06 bits per heavy atom. The highest BCUT2D eigenvalue weighted by atomic mass is 16.5. The van der Waals surface area contributed by atoms with Gasteiger partial charge in [-0.3, -0.25) is 19.3 Å². The Morgan fingerprint density at radius 3 is 2.41 bits per heavy atom. The number of ether oxygens (including phenoxy) is 2. The third kappa shape index (κ3) is 4.39. The van der Waals surface area contributed by atoms with Crippen LogP contribution < -0.4 is 20.1 Å². The van der Waals surface area contributed by atoms with Gasteiger partial charge in [0.1, 0.15) is 12.1 Å². The number of nitrogens with zero attached hydrogens (tertiary/aromatic N) is 2. The number of fused-ring (bicyclic) bond motifs is 1. The number of anilines is 1. The molecule has 0 aliphatic carbocycles. The highest BCUT2D eigenvalue weighted by Crippen LogP contribution is 2.36. The van der Waals surface area contributed by atoms with Crippen molar-refractivity contribution in [2.24, 2.45) is 0 Å². The second-order valence-corrected chi connectivity index (χ2v) is 8.48. The van der Waals surface area contributed by atoms with Gasteiger partial charge in [0, 0.05) is 31.8 Å². The third-order valence-corrected chi connectivity index (χ3v) is 5.72. The van der Waals surface area contributed by atoms with Crippen molar-refractivity contribution in [2.75, 3.05) is 39.2 Å². The van der Waals surface area contributed by atoms with Gasteiger partial charge in [-0.05, 0) is 48.9 Å². The molecule has 2 N–H and O–H groups in total. The van der Waals surface area contributed by atoms with E-state index in [1.165, 1.54) is 4.90 Å². The van der Waals surface area contributed by atoms with Gasteiger partial charge in [0.2, 0.25) is 5.91 Å². The molecule has 10 heteroatoms. The number of carbonyl (C=O) groups is 4. The molecule has 0 radical (unpaired) electrons. The summed E-state index contributed by atoms with van der Waals surface area (Å²) in [5, 5.41) is 5.33. The number of benzene rings is 2. The maximum atomic E-state index is 13.2. The van der Waals surface area contributed by atoms with Crippen LogP contribution in [0.3, 0.4) is 0 Å². The smallest absolute Gasteiger partial charge is 0.325 e. The summed E-state index contributed by atoms with van der Waals surface area (Å²) in [5.41, 5.74) is 0.0937. The fourth-order valence-corrected chi connectivity index (χ4v) is 3.81. The van der Waals surface area contributed by atoms with Crippen molar-refractivity contribution in [3.05, 3.63) is 53.6 Å². The quantitative estimate of drug-likeness (QED) is 0.651. The summed E-state index contributed by atoms with van der Waals surface area (Å²) in [5.74, 6) is -0.166. The molecule has 4 rings (SSSR count). The molecule has 178 valence electrons. The van der Waals surface area contributed by atoms with Crippen molar-refractivity contribution < 1.29 is 28.7 Å². The van der Waals surface area contributed by atoms with Gasteiger partial charge in [0.25, 0.3) is 11.8 Å². The molecule has 1 atom stereocenters. The van der Waals surface area contributed by atoms with Gasteiger partial charge in [-0.1, -0.05) is 6.07 Å². The van der Waals surface area contributed by atoms with Crippen LogP contribution in [0.4, 0.5) is 10.5 Å². The van der Waals surface area contributed by atoms with Crippen LogP contribution >= 0.6 is 0 Å². The zero-order chi connectivity index (χ0) is 24.5. The van der Waals surface area contributed by atoms with E-state index in [1.807, 2.05) is 0 Å². The van der Waals surface area contributed by atoms with Crippen LogP contribution in [-0.2, 0) is 15.1 Å². The Labute approximate surface area is 196 Å². The second-order valence-electron chi connectivity index (χ2n) is 8.48. The first-order valence-electron chi connectivity index (χ1n) is 10.8. The first-order chi connectivity index (χ1) is 16.2. The van der Waals surface area contributed by atoms with E-state index in [4.69, 9.17) is 9.47 Å².